The Morgan fingerprint density at radius 2 is 1.94 bits per heavy atom. The van der Waals surface area contributed by atoms with Crippen LogP contribution in [0.15, 0.2) is 11.3 Å². The van der Waals surface area contributed by atoms with Gasteiger partial charge in [-0.3, -0.25) is 4.79 Å². The van der Waals surface area contributed by atoms with Gasteiger partial charge in [0, 0.05) is 26.1 Å². The number of alkyl halides is 3. The lowest BCUT2D eigenvalue weighted by molar-refractivity contribution is -0.209. The topological polar surface area (TPSA) is 55.8 Å². The van der Waals surface area contributed by atoms with Gasteiger partial charge in [-0.2, -0.15) is 13.2 Å². The fourth-order valence-corrected chi connectivity index (χ4v) is 2.47. The van der Waals surface area contributed by atoms with Crippen LogP contribution in [0.4, 0.5) is 13.2 Å². The number of carbonyl (C=O) groups excluding carboxylic acids is 1. The third kappa shape index (κ3) is 1.49. The van der Waals surface area contributed by atoms with Crippen molar-refractivity contribution in [2.24, 2.45) is 11.8 Å². The van der Waals surface area contributed by atoms with Crippen LogP contribution in [-0.2, 0) is 14.3 Å². The van der Waals surface area contributed by atoms with Gasteiger partial charge in [-0.15, -0.1) is 0 Å². The van der Waals surface area contributed by atoms with E-state index in [1.54, 1.807) is 0 Å². The molecule has 0 aliphatic heterocycles. The first kappa shape index (κ1) is 12.4. The molecule has 0 aromatic heterocycles. The van der Waals surface area contributed by atoms with Gasteiger partial charge >= 0.3 is 6.18 Å². The molecule has 2 rings (SSSR count). The Morgan fingerprint density at radius 3 is 2.29 bits per heavy atom. The molecule has 17 heavy (non-hydrogen) atoms. The number of Topliss-reactive ketones (excluding diaryl/α,β-unsaturated/α-hetero) is 1. The maximum absolute atomic E-state index is 12.4. The summed E-state index contributed by atoms with van der Waals surface area (Å²) in [7, 11) is 2.40. The lowest BCUT2D eigenvalue weighted by Crippen LogP contribution is -2.42. The maximum Gasteiger partial charge on any atom is 0.449 e. The predicted molar refractivity (Wildman–Crippen MR) is 49.1 cm³/mol. The fraction of sp³-hybridized carbons (Fsp3) is 0.700. The number of hydrogen-bond acceptors (Lipinski definition) is 4. The molecule has 7 heteroatoms. The van der Waals surface area contributed by atoms with Crippen molar-refractivity contribution in [2.75, 3.05) is 14.2 Å². The summed E-state index contributed by atoms with van der Waals surface area (Å²) >= 11 is 0. The summed E-state index contributed by atoms with van der Waals surface area (Å²) in [6.45, 7) is 0. The minimum atomic E-state index is -4.92. The Kier molecular flexibility index (Phi) is 2.52. The van der Waals surface area contributed by atoms with Crippen molar-refractivity contribution in [1.82, 2.24) is 0 Å². The Bertz CT molecular complexity index is 395. The molecule has 0 bridgehead atoms. The van der Waals surface area contributed by atoms with Gasteiger partial charge in [0.15, 0.2) is 0 Å². The average molecular weight is 252 g/mol. The second kappa shape index (κ2) is 3.46. The van der Waals surface area contributed by atoms with Crippen molar-refractivity contribution in [3.63, 3.8) is 0 Å². The van der Waals surface area contributed by atoms with Crippen molar-refractivity contribution < 1.29 is 32.5 Å². The summed E-state index contributed by atoms with van der Waals surface area (Å²) in [6.07, 6.45) is -4.57. The number of methoxy groups -OCH3 is 2. The summed E-state index contributed by atoms with van der Waals surface area (Å²) in [6, 6.07) is 0. The van der Waals surface area contributed by atoms with E-state index in [1.807, 2.05) is 0 Å². The molecule has 2 fully saturated rings. The highest BCUT2D eigenvalue weighted by Crippen LogP contribution is 2.61. The molecule has 2 saturated carbocycles. The highest BCUT2D eigenvalue weighted by molar-refractivity contribution is 6.06. The molecule has 0 saturated heterocycles. The van der Waals surface area contributed by atoms with Gasteiger partial charge in [-0.25, -0.2) is 0 Å². The third-order valence-electron chi connectivity index (χ3n) is 3.34. The molecular weight excluding hydrogens is 241 g/mol. The third-order valence-corrected chi connectivity index (χ3v) is 3.34. The normalized spacial score (nSPS) is 33.6. The maximum atomic E-state index is 12.4. The van der Waals surface area contributed by atoms with Crippen LogP contribution in [0.2, 0.25) is 0 Å². The number of halogens is 3. The van der Waals surface area contributed by atoms with Crippen molar-refractivity contribution in [2.45, 2.75) is 18.4 Å². The fourth-order valence-electron chi connectivity index (χ4n) is 2.47. The zero-order valence-corrected chi connectivity index (χ0v) is 9.17. The number of ether oxygens (including phenoxy) is 2. The van der Waals surface area contributed by atoms with Crippen LogP contribution in [0.1, 0.15) is 6.42 Å². The molecule has 0 spiro atoms. The lowest BCUT2D eigenvalue weighted by Gasteiger charge is -2.26. The van der Waals surface area contributed by atoms with E-state index in [2.05, 4.69) is 0 Å². The molecule has 2 aliphatic rings. The quantitative estimate of drug-likeness (QED) is 0.460. The van der Waals surface area contributed by atoms with Gasteiger partial charge in [-0.1, -0.05) is 0 Å². The Morgan fingerprint density at radius 1 is 1.41 bits per heavy atom. The van der Waals surface area contributed by atoms with Gasteiger partial charge < -0.3 is 14.6 Å². The molecule has 0 aromatic carbocycles. The smallest absolute Gasteiger partial charge is 0.449 e. The molecule has 2 aliphatic carbocycles. The van der Waals surface area contributed by atoms with Crippen LogP contribution in [0.5, 0.6) is 0 Å². The molecule has 2 atom stereocenters. The van der Waals surface area contributed by atoms with E-state index in [1.165, 1.54) is 14.2 Å². The number of aliphatic hydroxyl groups is 1. The first-order chi connectivity index (χ1) is 7.79. The Balaban J connectivity index is 2.46. The van der Waals surface area contributed by atoms with E-state index in [9.17, 15) is 18.0 Å². The minimum Gasteiger partial charge on any atom is -0.504 e. The van der Waals surface area contributed by atoms with E-state index in [4.69, 9.17) is 14.6 Å². The first-order valence-electron chi connectivity index (χ1n) is 4.95. The van der Waals surface area contributed by atoms with Gasteiger partial charge in [0.2, 0.25) is 17.3 Å². The van der Waals surface area contributed by atoms with E-state index in [-0.39, 0.29) is 0 Å². The highest BCUT2D eigenvalue weighted by atomic mass is 19.4. The van der Waals surface area contributed by atoms with E-state index < -0.39 is 40.9 Å². The molecule has 0 radical (unpaired) electrons. The molecule has 0 unspecified atom stereocenters. The van der Waals surface area contributed by atoms with Crippen LogP contribution in [-0.4, -0.2) is 37.1 Å². The van der Waals surface area contributed by atoms with E-state index in [0.717, 1.165) is 0 Å². The number of aliphatic hydroxyl groups excluding tert-OH is 1. The van der Waals surface area contributed by atoms with Gasteiger partial charge in [-0.05, 0) is 6.42 Å². The monoisotopic (exact) mass is 252 g/mol. The van der Waals surface area contributed by atoms with Gasteiger partial charge in [0.1, 0.15) is 0 Å². The van der Waals surface area contributed by atoms with Crippen LogP contribution >= 0.6 is 0 Å². The van der Waals surface area contributed by atoms with Crippen LogP contribution in [0.25, 0.3) is 0 Å². The number of rotatable bonds is 2. The molecule has 1 N–H and O–H groups in total. The van der Waals surface area contributed by atoms with E-state index >= 15 is 0 Å². The van der Waals surface area contributed by atoms with Crippen LogP contribution in [0, 0.1) is 11.8 Å². The SMILES string of the molecule is COC1(OC)C(=O)/C(=C(\O)C(F)(F)F)[C@@H]2C[C@H]21. The van der Waals surface area contributed by atoms with Gasteiger partial charge in [0.25, 0.3) is 0 Å². The standard InChI is InChI=1S/C10H11F3O4/c1-16-9(17-2)5-3-4(5)6(7(9)14)8(15)10(11,12)13/h4-5,15H,3H2,1-2H3/b8-6-/t4-,5-/m1/s1. The average Bonchev–Trinajstić information content (AvgIpc) is 2.96. The summed E-state index contributed by atoms with van der Waals surface area (Å²) in [5.74, 6) is -5.49. The zero-order chi connectivity index (χ0) is 13.0. The predicted octanol–water partition coefficient (Wildman–Crippen LogP) is 1.57. The molecule has 0 heterocycles. The highest BCUT2D eigenvalue weighted by Gasteiger charge is 2.70. The number of carbonyl (C=O) groups is 1. The number of ketones is 1. The van der Waals surface area contributed by atoms with Gasteiger partial charge in [0.05, 0.1) is 5.57 Å². The molecular formula is C10H11F3O4. The number of fused-ring (bicyclic) bond motifs is 1. The van der Waals surface area contributed by atoms with E-state index in [0.29, 0.717) is 6.42 Å². The second-order valence-corrected chi connectivity index (χ2v) is 4.11. The molecule has 0 aromatic rings. The molecule has 0 amide bonds. The second-order valence-electron chi connectivity index (χ2n) is 4.11. The van der Waals surface area contributed by atoms with Crippen molar-refractivity contribution in [3.8, 4) is 0 Å². The lowest BCUT2D eigenvalue weighted by atomic mass is 10.0. The minimum absolute atomic E-state index is 0.350. The van der Waals surface area contributed by atoms with Crippen molar-refractivity contribution in [3.05, 3.63) is 11.3 Å². The Hall–Kier alpha value is -1.08. The summed E-state index contributed by atoms with van der Waals surface area (Å²) in [5, 5.41) is 9.10. The van der Waals surface area contributed by atoms with Crippen molar-refractivity contribution in [1.29, 1.82) is 0 Å². The van der Waals surface area contributed by atoms with Crippen molar-refractivity contribution >= 4 is 5.78 Å². The first-order valence-corrected chi connectivity index (χ1v) is 4.95. The zero-order valence-electron chi connectivity index (χ0n) is 9.17. The number of allylic oxidation sites excluding steroid dienone is 1. The summed E-state index contributed by atoms with van der Waals surface area (Å²) < 4.78 is 47.0. The molecule has 96 valence electrons. The van der Waals surface area contributed by atoms with Crippen LogP contribution < -0.4 is 0 Å². The Labute approximate surface area is 95.0 Å². The largest absolute Gasteiger partial charge is 0.504 e. The number of hydrogen-bond donors (Lipinski definition) is 1. The van der Waals surface area contributed by atoms with Crippen LogP contribution in [0.3, 0.4) is 0 Å². The summed E-state index contributed by atoms with van der Waals surface area (Å²) in [4.78, 5) is 11.9. The molecule has 4 nitrogen and oxygen atoms in total. The summed E-state index contributed by atoms with van der Waals surface area (Å²) in [5.41, 5.74) is -0.619.